The minimum Gasteiger partial charge on any atom is -0.496 e. The first-order valence-corrected chi connectivity index (χ1v) is 11.0. The molecule has 2 atom stereocenters. The van der Waals surface area contributed by atoms with Crippen molar-refractivity contribution in [3.8, 4) is 5.75 Å². The summed E-state index contributed by atoms with van der Waals surface area (Å²) >= 11 is 5.48. The molecule has 7 heteroatoms. The number of carbonyl (C=O) groups excluding carboxylic acids is 1. The van der Waals surface area contributed by atoms with Gasteiger partial charge in [-0.25, -0.2) is 0 Å². The number of aromatic nitrogens is 2. The molecule has 6 nitrogen and oxygen atoms in total. The normalized spacial score (nSPS) is 18.9. The van der Waals surface area contributed by atoms with E-state index in [0.29, 0.717) is 45.4 Å². The molecule has 1 N–H and O–H groups in total. The highest BCUT2D eigenvalue weighted by Crippen LogP contribution is 2.23. The van der Waals surface area contributed by atoms with Gasteiger partial charge in [0.25, 0.3) is 11.5 Å². The number of hydrogen-bond donors (Lipinski definition) is 1. The van der Waals surface area contributed by atoms with Crippen LogP contribution in [0.5, 0.6) is 5.75 Å². The second-order valence-corrected chi connectivity index (χ2v) is 8.94. The lowest BCUT2D eigenvalue weighted by Gasteiger charge is -2.35. The van der Waals surface area contributed by atoms with Gasteiger partial charge in [-0.15, -0.1) is 0 Å². The highest BCUT2D eigenvalue weighted by molar-refractivity contribution is 7.71. The van der Waals surface area contributed by atoms with Crippen LogP contribution >= 0.6 is 12.2 Å². The van der Waals surface area contributed by atoms with Crippen molar-refractivity contribution in [3.63, 3.8) is 0 Å². The molecular formula is C24H27N3O3S. The van der Waals surface area contributed by atoms with Gasteiger partial charge in [-0.3, -0.25) is 14.2 Å². The van der Waals surface area contributed by atoms with Gasteiger partial charge in [0.15, 0.2) is 4.77 Å². The summed E-state index contributed by atoms with van der Waals surface area (Å²) in [6.07, 6.45) is 1.14. The third-order valence-electron chi connectivity index (χ3n) is 5.91. The third-order valence-corrected chi connectivity index (χ3v) is 6.23. The molecule has 2 heterocycles. The van der Waals surface area contributed by atoms with Gasteiger partial charge in [0.1, 0.15) is 5.75 Å². The fourth-order valence-electron chi connectivity index (χ4n) is 4.55. The molecular weight excluding hydrogens is 410 g/mol. The van der Waals surface area contributed by atoms with Crippen LogP contribution in [0.15, 0.2) is 47.3 Å². The van der Waals surface area contributed by atoms with Gasteiger partial charge in [-0.2, -0.15) is 0 Å². The van der Waals surface area contributed by atoms with Gasteiger partial charge < -0.3 is 14.6 Å². The average molecular weight is 438 g/mol. The van der Waals surface area contributed by atoms with Gasteiger partial charge >= 0.3 is 0 Å². The van der Waals surface area contributed by atoms with Crippen LogP contribution in [0.3, 0.4) is 0 Å². The lowest BCUT2D eigenvalue weighted by Crippen LogP contribution is -2.42. The molecule has 1 fully saturated rings. The van der Waals surface area contributed by atoms with Crippen molar-refractivity contribution in [1.29, 1.82) is 0 Å². The molecule has 1 aliphatic heterocycles. The Labute approximate surface area is 186 Å². The lowest BCUT2D eigenvalue weighted by molar-refractivity contribution is 0.0623. The molecule has 0 unspecified atom stereocenters. The second-order valence-electron chi connectivity index (χ2n) is 8.55. The average Bonchev–Trinajstić information content (AvgIpc) is 2.75. The van der Waals surface area contributed by atoms with Crippen molar-refractivity contribution in [2.45, 2.75) is 26.8 Å². The second kappa shape index (κ2) is 8.67. The van der Waals surface area contributed by atoms with Crippen molar-refractivity contribution in [2.24, 2.45) is 11.8 Å². The van der Waals surface area contributed by atoms with E-state index < -0.39 is 0 Å². The smallest absolute Gasteiger partial charge is 0.262 e. The maximum Gasteiger partial charge on any atom is 0.262 e. The van der Waals surface area contributed by atoms with E-state index in [9.17, 15) is 9.59 Å². The Morgan fingerprint density at radius 1 is 1.16 bits per heavy atom. The van der Waals surface area contributed by atoms with Crippen LogP contribution in [0, 0.1) is 16.6 Å². The summed E-state index contributed by atoms with van der Waals surface area (Å²) < 4.78 is 7.23. The van der Waals surface area contributed by atoms with Crippen LogP contribution in [0.4, 0.5) is 0 Å². The van der Waals surface area contributed by atoms with Gasteiger partial charge in [0.05, 0.1) is 24.6 Å². The Balaban J connectivity index is 1.69. The zero-order valence-electron chi connectivity index (χ0n) is 18.1. The van der Waals surface area contributed by atoms with Crippen molar-refractivity contribution < 1.29 is 9.53 Å². The van der Waals surface area contributed by atoms with Gasteiger partial charge in [0.2, 0.25) is 0 Å². The summed E-state index contributed by atoms with van der Waals surface area (Å²) in [5.74, 6) is 1.68. The van der Waals surface area contributed by atoms with Crippen molar-refractivity contribution >= 4 is 29.0 Å². The minimum atomic E-state index is -0.191. The van der Waals surface area contributed by atoms with Crippen LogP contribution in [-0.4, -0.2) is 40.6 Å². The van der Waals surface area contributed by atoms with E-state index in [1.165, 1.54) is 4.57 Å². The SMILES string of the molecule is COc1ccccc1Cn1c(=S)[nH]c2cc(C(=O)N3C[C@H](C)C[C@H](C)C3)ccc2c1=O. The maximum absolute atomic E-state index is 13.2. The molecule has 162 valence electrons. The van der Waals surface area contributed by atoms with Crippen LogP contribution in [-0.2, 0) is 6.54 Å². The molecule has 1 aromatic heterocycles. The minimum absolute atomic E-state index is 0.00202. The number of para-hydroxylation sites is 1. The number of fused-ring (bicyclic) bond motifs is 1. The number of nitrogens with zero attached hydrogens (tertiary/aromatic N) is 2. The number of carbonyl (C=O) groups is 1. The molecule has 1 aliphatic rings. The summed E-state index contributed by atoms with van der Waals surface area (Å²) in [6.45, 7) is 6.18. The largest absolute Gasteiger partial charge is 0.496 e. The first-order chi connectivity index (χ1) is 14.9. The van der Waals surface area contributed by atoms with Crippen LogP contribution in [0.2, 0.25) is 0 Å². The van der Waals surface area contributed by atoms with Gasteiger partial charge in [-0.1, -0.05) is 32.0 Å². The molecule has 2 aromatic carbocycles. The Hall–Kier alpha value is -2.93. The highest BCUT2D eigenvalue weighted by Gasteiger charge is 2.26. The number of ether oxygens (including phenoxy) is 1. The zero-order chi connectivity index (χ0) is 22.1. The predicted molar refractivity (Wildman–Crippen MR) is 124 cm³/mol. The van der Waals surface area contributed by atoms with Crippen molar-refractivity contribution in [2.75, 3.05) is 20.2 Å². The maximum atomic E-state index is 13.2. The summed E-state index contributed by atoms with van der Waals surface area (Å²) in [5.41, 5.74) is 1.83. The Bertz CT molecular complexity index is 1240. The number of aromatic amines is 1. The lowest BCUT2D eigenvalue weighted by atomic mass is 9.91. The fraction of sp³-hybridized carbons (Fsp3) is 0.375. The van der Waals surface area contributed by atoms with Gasteiger partial charge in [0, 0.05) is 24.2 Å². The summed E-state index contributed by atoms with van der Waals surface area (Å²) in [7, 11) is 1.60. The Morgan fingerprint density at radius 3 is 2.58 bits per heavy atom. The molecule has 0 saturated carbocycles. The van der Waals surface area contributed by atoms with E-state index >= 15 is 0 Å². The topological polar surface area (TPSA) is 67.3 Å². The molecule has 1 saturated heterocycles. The summed E-state index contributed by atoms with van der Waals surface area (Å²) in [6, 6.07) is 12.7. The summed E-state index contributed by atoms with van der Waals surface area (Å²) in [4.78, 5) is 31.3. The number of likely N-dealkylation sites (tertiary alicyclic amines) is 1. The number of benzene rings is 2. The van der Waals surface area contributed by atoms with E-state index in [1.54, 1.807) is 25.3 Å². The molecule has 0 bridgehead atoms. The first-order valence-electron chi connectivity index (χ1n) is 10.6. The monoisotopic (exact) mass is 437 g/mol. The summed E-state index contributed by atoms with van der Waals surface area (Å²) in [5, 5.41) is 0.500. The highest BCUT2D eigenvalue weighted by atomic mass is 32.1. The Morgan fingerprint density at radius 2 is 1.87 bits per heavy atom. The van der Waals surface area contributed by atoms with Crippen LogP contribution < -0.4 is 10.3 Å². The van der Waals surface area contributed by atoms with E-state index in [0.717, 1.165) is 25.1 Å². The number of piperidine rings is 1. The molecule has 31 heavy (non-hydrogen) atoms. The van der Waals surface area contributed by atoms with E-state index in [-0.39, 0.29) is 11.5 Å². The number of rotatable bonds is 4. The number of amides is 1. The van der Waals surface area contributed by atoms with E-state index in [2.05, 4.69) is 18.8 Å². The third kappa shape index (κ3) is 4.28. The standard InChI is InChI=1S/C24H27N3O3S/c1-15-10-16(2)13-26(12-15)22(28)17-8-9-19-20(11-17)25-24(31)27(23(19)29)14-18-6-4-5-7-21(18)30-3/h4-9,11,15-16H,10,12-14H2,1-3H3,(H,25,31)/t15-,16+. The number of nitrogens with one attached hydrogen (secondary N) is 1. The Kier molecular flexibility index (Phi) is 5.96. The van der Waals surface area contributed by atoms with Crippen LogP contribution in [0.25, 0.3) is 10.9 Å². The number of hydrogen-bond acceptors (Lipinski definition) is 4. The van der Waals surface area contributed by atoms with Crippen LogP contribution in [0.1, 0.15) is 36.2 Å². The van der Waals surface area contributed by atoms with E-state index in [1.807, 2.05) is 29.2 Å². The van der Waals surface area contributed by atoms with Crippen molar-refractivity contribution in [3.05, 3.63) is 68.7 Å². The fourth-order valence-corrected chi connectivity index (χ4v) is 4.80. The molecule has 0 spiro atoms. The molecule has 3 aromatic rings. The number of H-pyrrole nitrogens is 1. The molecule has 0 radical (unpaired) electrons. The zero-order valence-corrected chi connectivity index (χ0v) is 18.9. The van der Waals surface area contributed by atoms with E-state index in [4.69, 9.17) is 17.0 Å². The number of methoxy groups -OCH3 is 1. The predicted octanol–water partition coefficient (Wildman–Crippen LogP) is 4.23. The van der Waals surface area contributed by atoms with Crippen molar-refractivity contribution in [1.82, 2.24) is 14.5 Å². The molecule has 4 rings (SSSR count). The first kappa shape index (κ1) is 21.3. The molecule has 0 aliphatic carbocycles. The quantitative estimate of drug-likeness (QED) is 0.620. The van der Waals surface area contributed by atoms with Gasteiger partial charge in [-0.05, 0) is 54.7 Å². The molecule has 1 amide bonds.